The first-order chi connectivity index (χ1) is 14.2. The van der Waals surface area contributed by atoms with Crippen LogP contribution in [0.3, 0.4) is 0 Å². The van der Waals surface area contributed by atoms with E-state index >= 15 is 0 Å². The van der Waals surface area contributed by atoms with Gasteiger partial charge in [0.05, 0.1) is 13.2 Å². The maximum Gasteiger partial charge on any atom is 0.251 e. The predicted octanol–water partition coefficient (Wildman–Crippen LogP) is 2.44. The van der Waals surface area contributed by atoms with Gasteiger partial charge >= 0.3 is 0 Å². The van der Waals surface area contributed by atoms with E-state index in [1.54, 1.807) is 12.1 Å². The van der Waals surface area contributed by atoms with E-state index in [2.05, 4.69) is 5.32 Å². The SMILES string of the molecule is NCCOC[C@H](NC(=O)c1ccc(-c2ccccc2)cc1)C(=O)N1CCCCC1. The third-order valence-electron chi connectivity index (χ3n) is 5.07. The van der Waals surface area contributed by atoms with E-state index in [0.717, 1.165) is 43.5 Å². The van der Waals surface area contributed by atoms with Crippen molar-refractivity contribution in [2.75, 3.05) is 32.8 Å². The highest BCUT2D eigenvalue weighted by Gasteiger charge is 2.27. The van der Waals surface area contributed by atoms with Crippen molar-refractivity contribution >= 4 is 11.8 Å². The third kappa shape index (κ3) is 5.89. The fourth-order valence-electron chi connectivity index (χ4n) is 3.48. The highest BCUT2D eigenvalue weighted by atomic mass is 16.5. The van der Waals surface area contributed by atoms with Crippen molar-refractivity contribution in [3.63, 3.8) is 0 Å². The number of nitrogens with zero attached hydrogens (tertiary/aromatic N) is 1. The zero-order chi connectivity index (χ0) is 20.5. The molecule has 2 amide bonds. The van der Waals surface area contributed by atoms with Crippen LogP contribution in [0, 0.1) is 0 Å². The second-order valence-electron chi connectivity index (χ2n) is 7.22. The van der Waals surface area contributed by atoms with E-state index in [-0.39, 0.29) is 18.4 Å². The Morgan fingerprint density at radius 3 is 2.28 bits per heavy atom. The van der Waals surface area contributed by atoms with Gasteiger partial charge in [0.2, 0.25) is 5.91 Å². The summed E-state index contributed by atoms with van der Waals surface area (Å²) in [4.78, 5) is 27.5. The van der Waals surface area contributed by atoms with Crippen molar-refractivity contribution in [3.05, 3.63) is 60.2 Å². The summed E-state index contributed by atoms with van der Waals surface area (Å²) >= 11 is 0. The van der Waals surface area contributed by atoms with E-state index in [9.17, 15) is 9.59 Å². The predicted molar refractivity (Wildman–Crippen MR) is 113 cm³/mol. The van der Waals surface area contributed by atoms with Crippen LogP contribution in [0.2, 0.25) is 0 Å². The van der Waals surface area contributed by atoms with Gasteiger partial charge in [0.15, 0.2) is 0 Å². The maximum absolute atomic E-state index is 12.9. The molecule has 1 aliphatic rings. The monoisotopic (exact) mass is 395 g/mol. The lowest BCUT2D eigenvalue weighted by molar-refractivity contribution is -0.135. The van der Waals surface area contributed by atoms with Crippen LogP contribution in [0.15, 0.2) is 54.6 Å². The molecule has 0 spiro atoms. The minimum atomic E-state index is -0.707. The van der Waals surface area contributed by atoms with Gasteiger partial charge in [0, 0.05) is 25.2 Å². The molecular weight excluding hydrogens is 366 g/mol. The van der Waals surface area contributed by atoms with Crippen LogP contribution in [0.25, 0.3) is 11.1 Å². The first kappa shape index (κ1) is 21.0. The van der Waals surface area contributed by atoms with Crippen molar-refractivity contribution in [2.24, 2.45) is 5.73 Å². The molecule has 154 valence electrons. The molecule has 1 aliphatic heterocycles. The van der Waals surface area contributed by atoms with Crippen molar-refractivity contribution in [1.29, 1.82) is 0 Å². The number of carbonyl (C=O) groups excluding carboxylic acids is 2. The summed E-state index contributed by atoms with van der Waals surface area (Å²) in [7, 11) is 0. The molecule has 1 saturated heterocycles. The minimum Gasteiger partial charge on any atom is -0.377 e. The molecule has 0 radical (unpaired) electrons. The number of ether oxygens (including phenoxy) is 1. The molecule has 3 N–H and O–H groups in total. The number of hydrogen-bond acceptors (Lipinski definition) is 4. The lowest BCUT2D eigenvalue weighted by Crippen LogP contribution is -2.52. The molecule has 1 fully saturated rings. The largest absolute Gasteiger partial charge is 0.377 e. The summed E-state index contributed by atoms with van der Waals surface area (Å²) in [6.07, 6.45) is 3.13. The molecule has 0 aromatic heterocycles. The Kier molecular flexibility index (Phi) is 7.78. The number of piperidine rings is 1. The molecule has 6 nitrogen and oxygen atoms in total. The Morgan fingerprint density at radius 1 is 0.966 bits per heavy atom. The number of hydrogen-bond donors (Lipinski definition) is 2. The van der Waals surface area contributed by atoms with Crippen LogP contribution < -0.4 is 11.1 Å². The minimum absolute atomic E-state index is 0.0871. The first-order valence-electron chi connectivity index (χ1n) is 10.2. The molecule has 0 bridgehead atoms. The molecule has 2 aromatic rings. The average molecular weight is 396 g/mol. The molecule has 29 heavy (non-hydrogen) atoms. The second-order valence-corrected chi connectivity index (χ2v) is 7.22. The summed E-state index contributed by atoms with van der Waals surface area (Å²) < 4.78 is 5.48. The Morgan fingerprint density at radius 2 is 1.62 bits per heavy atom. The zero-order valence-electron chi connectivity index (χ0n) is 16.7. The Balaban J connectivity index is 1.67. The lowest BCUT2D eigenvalue weighted by Gasteiger charge is -2.30. The number of nitrogens with one attached hydrogen (secondary N) is 1. The number of benzene rings is 2. The molecular formula is C23H29N3O3. The Hall–Kier alpha value is -2.70. The third-order valence-corrected chi connectivity index (χ3v) is 5.07. The van der Waals surface area contributed by atoms with Crippen LogP contribution in [-0.2, 0) is 9.53 Å². The number of nitrogens with two attached hydrogens (primary N) is 1. The van der Waals surface area contributed by atoms with Gasteiger partial charge in [-0.2, -0.15) is 0 Å². The van der Waals surface area contributed by atoms with Gasteiger partial charge < -0.3 is 20.7 Å². The highest BCUT2D eigenvalue weighted by Crippen LogP contribution is 2.19. The molecule has 6 heteroatoms. The van der Waals surface area contributed by atoms with Gasteiger partial charge in [-0.15, -0.1) is 0 Å². The van der Waals surface area contributed by atoms with Crippen LogP contribution >= 0.6 is 0 Å². The van der Waals surface area contributed by atoms with E-state index in [1.165, 1.54) is 0 Å². The van der Waals surface area contributed by atoms with Gasteiger partial charge in [0.25, 0.3) is 5.91 Å². The quantitative estimate of drug-likeness (QED) is 0.673. The van der Waals surface area contributed by atoms with Crippen molar-refractivity contribution in [2.45, 2.75) is 25.3 Å². The standard InChI is InChI=1S/C23H29N3O3/c24-13-16-29-17-21(23(28)26-14-5-2-6-15-26)25-22(27)20-11-9-19(10-12-20)18-7-3-1-4-8-18/h1,3-4,7-12,21H,2,5-6,13-17,24H2,(H,25,27)/t21-/m0/s1. The molecule has 0 aliphatic carbocycles. The smallest absolute Gasteiger partial charge is 0.251 e. The van der Waals surface area contributed by atoms with Gasteiger partial charge in [-0.1, -0.05) is 42.5 Å². The van der Waals surface area contributed by atoms with Crippen LogP contribution in [0.4, 0.5) is 0 Å². The summed E-state index contributed by atoms with van der Waals surface area (Å²) in [6.45, 7) is 2.31. The molecule has 1 heterocycles. The Bertz CT molecular complexity index is 787. The van der Waals surface area contributed by atoms with Gasteiger partial charge in [0.1, 0.15) is 6.04 Å². The van der Waals surface area contributed by atoms with Crippen LogP contribution in [-0.4, -0.2) is 55.6 Å². The van der Waals surface area contributed by atoms with Crippen molar-refractivity contribution in [1.82, 2.24) is 10.2 Å². The molecule has 1 atom stereocenters. The molecule has 0 saturated carbocycles. The van der Waals surface area contributed by atoms with Crippen molar-refractivity contribution < 1.29 is 14.3 Å². The van der Waals surface area contributed by atoms with E-state index < -0.39 is 6.04 Å². The van der Waals surface area contributed by atoms with Gasteiger partial charge in [-0.3, -0.25) is 9.59 Å². The lowest BCUT2D eigenvalue weighted by atomic mass is 10.0. The summed E-state index contributed by atoms with van der Waals surface area (Å²) in [6, 6.07) is 16.7. The maximum atomic E-state index is 12.9. The topological polar surface area (TPSA) is 84.7 Å². The molecule has 0 unspecified atom stereocenters. The van der Waals surface area contributed by atoms with Gasteiger partial charge in [-0.25, -0.2) is 0 Å². The highest BCUT2D eigenvalue weighted by molar-refractivity contribution is 5.98. The number of likely N-dealkylation sites (tertiary alicyclic amines) is 1. The fourth-order valence-corrected chi connectivity index (χ4v) is 3.48. The summed E-state index contributed by atoms with van der Waals surface area (Å²) in [5, 5.41) is 2.85. The number of rotatable bonds is 8. The number of carbonyl (C=O) groups is 2. The van der Waals surface area contributed by atoms with Crippen LogP contribution in [0.5, 0.6) is 0 Å². The fraction of sp³-hybridized carbons (Fsp3) is 0.391. The van der Waals surface area contributed by atoms with Crippen molar-refractivity contribution in [3.8, 4) is 11.1 Å². The normalized spacial score (nSPS) is 15.0. The number of amides is 2. The summed E-state index contributed by atoms with van der Waals surface area (Å²) in [5.74, 6) is -0.368. The van der Waals surface area contributed by atoms with Gasteiger partial charge in [-0.05, 0) is 42.5 Å². The zero-order valence-corrected chi connectivity index (χ0v) is 16.7. The first-order valence-corrected chi connectivity index (χ1v) is 10.2. The Labute approximate surface area is 172 Å². The molecule has 3 rings (SSSR count). The average Bonchev–Trinajstić information content (AvgIpc) is 2.79. The summed E-state index contributed by atoms with van der Waals surface area (Å²) in [5.41, 5.74) is 8.12. The molecule has 2 aromatic carbocycles. The second kappa shape index (κ2) is 10.7. The van der Waals surface area contributed by atoms with E-state index in [0.29, 0.717) is 18.7 Å². The van der Waals surface area contributed by atoms with E-state index in [4.69, 9.17) is 10.5 Å². The van der Waals surface area contributed by atoms with E-state index in [1.807, 2.05) is 47.4 Å². The van der Waals surface area contributed by atoms with Crippen LogP contribution in [0.1, 0.15) is 29.6 Å².